The molecule has 1 amide bonds. The van der Waals surface area contributed by atoms with E-state index in [2.05, 4.69) is 12.2 Å². The summed E-state index contributed by atoms with van der Waals surface area (Å²) in [5.74, 6) is 0.0453. The highest BCUT2D eigenvalue weighted by molar-refractivity contribution is 6.33. The SMILES string of the molecule is CCCN(C(=O)c1ccccc1Cl)C1CNC1. The summed E-state index contributed by atoms with van der Waals surface area (Å²) in [6, 6.07) is 7.56. The fraction of sp³-hybridized carbons (Fsp3) is 0.462. The van der Waals surface area contributed by atoms with E-state index in [1.807, 2.05) is 17.0 Å². The molecule has 17 heavy (non-hydrogen) atoms. The van der Waals surface area contributed by atoms with Gasteiger partial charge in [-0.25, -0.2) is 0 Å². The van der Waals surface area contributed by atoms with Gasteiger partial charge in [0, 0.05) is 19.6 Å². The highest BCUT2D eigenvalue weighted by atomic mass is 35.5. The molecule has 1 fully saturated rings. The average Bonchev–Trinajstić information content (AvgIpc) is 2.26. The van der Waals surface area contributed by atoms with E-state index in [1.54, 1.807) is 12.1 Å². The van der Waals surface area contributed by atoms with Gasteiger partial charge in [0.05, 0.1) is 16.6 Å². The van der Waals surface area contributed by atoms with Crippen molar-refractivity contribution >= 4 is 17.5 Å². The van der Waals surface area contributed by atoms with Gasteiger partial charge in [-0.15, -0.1) is 0 Å². The van der Waals surface area contributed by atoms with E-state index in [4.69, 9.17) is 11.6 Å². The molecule has 0 radical (unpaired) electrons. The molecule has 0 spiro atoms. The van der Waals surface area contributed by atoms with Gasteiger partial charge in [-0.3, -0.25) is 4.79 Å². The fourth-order valence-corrected chi connectivity index (χ4v) is 2.19. The number of nitrogens with one attached hydrogen (secondary N) is 1. The van der Waals surface area contributed by atoms with Crippen molar-refractivity contribution in [3.05, 3.63) is 34.9 Å². The summed E-state index contributed by atoms with van der Waals surface area (Å²) in [7, 11) is 0. The van der Waals surface area contributed by atoms with Crippen LogP contribution in [0.3, 0.4) is 0 Å². The van der Waals surface area contributed by atoms with E-state index in [-0.39, 0.29) is 5.91 Å². The summed E-state index contributed by atoms with van der Waals surface area (Å²) in [6.07, 6.45) is 0.965. The molecule has 1 aromatic rings. The van der Waals surface area contributed by atoms with Crippen LogP contribution in [0.2, 0.25) is 5.02 Å². The third-order valence-electron chi connectivity index (χ3n) is 3.03. The second-order valence-corrected chi connectivity index (χ2v) is 4.70. The fourth-order valence-electron chi connectivity index (χ4n) is 1.97. The number of rotatable bonds is 4. The van der Waals surface area contributed by atoms with Crippen LogP contribution in [-0.2, 0) is 0 Å². The summed E-state index contributed by atoms with van der Waals surface area (Å²) in [6.45, 7) is 4.64. The van der Waals surface area contributed by atoms with Gasteiger partial charge in [0.25, 0.3) is 5.91 Å². The predicted octanol–water partition coefficient (Wildman–Crippen LogP) is 2.16. The number of nitrogens with zero attached hydrogens (tertiary/aromatic N) is 1. The zero-order valence-electron chi connectivity index (χ0n) is 9.95. The van der Waals surface area contributed by atoms with Crippen molar-refractivity contribution in [3.63, 3.8) is 0 Å². The lowest BCUT2D eigenvalue weighted by Gasteiger charge is -2.38. The van der Waals surface area contributed by atoms with Gasteiger partial charge in [-0.2, -0.15) is 0 Å². The molecule has 1 heterocycles. The first-order valence-corrected chi connectivity index (χ1v) is 6.38. The quantitative estimate of drug-likeness (QED) is 0.891. The Labute approximate surface area is 107 Å². The van der Waals surface area contributed by atoms with Crippen LogP contribution in [-0.4, -0.2) is 36.5 Å². The topological polar surface area (TPSA) is 32.3 Å². The molecule has 4 heteroatoms. The molecule has 1 N–H and O–H groups in total. The zero-order valence-corrected chi connectivity index (χ0v) is 10.7. The van der Waals surface area contributed by atoms with Crippen LogP contribution in [0.1, 0.15) is 23.7 Å². The van der Waals surface area contributed by atoms with Crippen molar-refractivity contribution in [2.24, 2.45) is 0 Å². The highest BCUT2D eigenvalue weighted by Crippen LogP contribution is 2.19. The molecule has 0 aliphatic carbocycles. The van der Waals surface area contributed by atoms with Gasteiger partial charge >= 0.3 is 0 Å². The average molecular weight is 253 g/mol. The number of benzene rings is 1. The summed E-state index contributed by atoms with van der Waals surface area (Å²) in [5, 5.41) is 3.73. The minimum Gasteiger partial charge on any atom is -0.333 e. The Morgan fingerprint density at radius 2 is 2.18 bits per heavy atom. The first-order valence-electron chi connectivity index (χ1n) is 6.00. The highest BCUT2D eigenvalue weighted by Gasteiger charge is 2.29. The minimum absolute atomic E-state index is 0.0453. The van der Waals surface area contributed by atoms with Crippen molar-refractivity contribution in [3.8, 4) is 0 Å². The molecule has 0 aromatic heterocycles. The minimum atomic E-state index is 0.0453. The van der Waals surface area contributed by atoms with Crippen LogP contribution >= 0.6 is 11.6 Å². The van der Waals surface area contributed by atoms with Gasteiger partial charge in [-0.05, 0) is 18.6 Å². The molecule has 1 aliphatic rings. The molecule has 3 nitrogen and oxygen atoms in total. The molecule has 92 valence electrons. The van der Waals surface area contributed by atoms with Crippen LogP contribution in [0.25, 0.3) is 0 Å². The first-order chi connectivity index (χ1) is 8.24. The predicted molar refractivity (Wildman–Crippen MR) is 69.4 cm³/mol. The second kappa shape index (κ2) is 5.52. The Morgan fingerprint density at radius 1 is 1.47 bits per heavy atom. The Balaban J connectivity index is 2.18. The van der Waals surface area contributed by atoms with Crippen LogP contribution in [0.4, 0.5) is 0 Å². The lowest BCUT2D eigenvalue weighted by molar-refractivity contribution is 0.0616. The van der Waals surface area contributed by atoms with E-state index < -0.39 is 0 Å². The van der Waals surface area contributed by atoms with E-state index in [0.717, 1.165) is 26.1 Å². The molecule has 0 unspecified atom stereocenters. The monoisotopic (exact) mass is 252 g/mol. The lowest BCUT2D eigenvalue weighted by atomic mass is 10.1. The standard InChI is InChI=1S/C13H17ClN2O/c1-2-7-16(10-8-15-9-10)13(17)11-5-3-4-6-12(11)14/h3-6,10,15H,2,7-9H2,1H3. The summed E-state index contributed by atoms with van der Waals surface area (Å²) in [4.78, 5) is 14.3. The maximum Gasteiger partial charge on any atom is 0.255 e. The molecular formula is C13H17ClN2O. The molecule has 0 bridgehead atoms. The van der Waals surface area contributed by atoms with Crippen LogP contribution in [0, 0.1) is 0 Å². The molecule has 0 atom stereocenters. The van der Waals surface area contributed by atoms with Gasteiger partial charge in [0.2, 0.25) is 0 Å². The largest absolute Gasteiger partial charge is 0.333 e. The maximum absolute atomic E-state index is 12.4. The number of halogens is 1. The Bertz CT molecular complexity index is 404. The Hall–Kier alpha value is -1.06. The van der Waals surface area contributed by atoms with Crippen molar-refractivity contribution in [1.29, 1.82) is 0 Å². The number of carbonyl (C=O) groups excluding carboxylic acids is 1. The number of hydrogen-bond donors (Lipinski definition) is 1. The normalized spacial score (nSPS) is 15.4. The van der Waals surface area contributed by atoms with E-state index in [1.165, 1.54) is 0 Å². The Kier molecular flexibility index (Phi) is 4.02. The van der Waals surface area contributed by atoms with E-state index in [9.17, 15) is 4.79 Å². The van der Waals surface area contributed by atoms with Crippen molar-refractivity contribution in [1.82, 2.24) is 10.2 Å². The molecule has 2 rings (SSSR count). The number of hydrogen-bond acceptors (Lipinski definition) is 2. The van der Waals surface area contributed by atoms with E-state index in [0.29, 0.717) is 16.6 Å². The van der Waals surface area contributed by atoms with Gasteiger partial charge in [-0.1, -0.05) is 30.7 Å². The number of carbonyl (C=O) groups is 1. The summed E-state index contributed by atoms with van der Waals surface area (Å²) < 4.78 is 0. The smallest absolute Gasteiger partial charge is 0.255 e. The van der Waals surface area contributed by atoms with Crippen LogP contribution in [0.5, 0.6) is 0 Å². The summed E-state index contributed by atoms with van der Waals surface area (Å²) >= 11 is 6.07. The molecule has 1 aliphatic heterocycles. The Morgan fingerprint density at radius 3 is 2.71 bits per heavy atom. The van der Waals surface area contributed by atoms with Gasteiger partial charge in [0.15, 0.2) is 0 Å². The van der Waals surface area contributed by atoms with Crippen molar-refractivity contribution in [2.45, 2.75) is 19.4 Å². The van der Waals surface area contributed by atoms with Crippen molar-refractivity contribution < 1.29 is 4.79 Å². The van der Waals surface area contributed by atoms with E-state index >= 15 is 0 Å². The number of amides is 1. The van der Waals surface area contributed by atoms with Crippen molar-refractivity contribution in [2.75, 3.05) is 19.6 Å². The third kappa shape index (κ3) is 2.61. The summed E-state index contributed by atoms with van der Waals surface area (Å²) in [5.41, 5.74) is 0.606. The third-order valence-corrected chi connectivity index (χ3v) is 3.36. The molecule has 1 aromatic carbocycles. The molecule has 0 saturated carbocycles. The second-order valence-electron chi connectivity index (χ2n) is 4.29. The zero-order chi connectivity index (χ0) is 12.3. The molecule has 1 saturated heterocycles. The lowest BCUT2D eigenvalue weighted by Crippen LogP contribution is -2.59. The molecular weight excluding hydrogens is 236 g/mol. The first kappa shape index (κ1) is 12.4. The van der Waals surface area contributed by atoms with Crippen LogP contribution in [0.15, 0.2) is 24.3 Å². The van der Waals surface area contributed by atoms with Gasteiger partial charge in [0.1, 0.15) is 0 Å². The van der Waals surface area contributed by atoms with Gasteiger partial charge < -0.3 is 10.2 Å². The maximum atomic E-state index is 12.4. The van der Waals surface area contributed by atoms with Crippen LogP contribution < -0.4 is 5.32 Å².